The van der Waals surface area contributed by atoms with Crippen LogP contribution >= 0.6 is 0 Å². The van der Waals surface area contributed by atoms with Gasteiger partial charge in [0.05, 0.1) is 25.2 Å². The number of carbonyl (C=O) groups is 1. The van der Waals surface area contributed by atoms with Crippen molar-refractivity contribution in [1.82, 2.24) is 0 Å². The van der Waals surface area contributed by atoms with Crippen LogP contribution in [0, 0.1) is 61.1 Å². The first-order valence-electron chi connectivity index (χ1n) is 12.8. The lowest BCUT2D eigenvalue weighted by molar-refractivity contribution is -0.142. The van der Waals surface area contributed by atoms with Crippen LogP contribution in [0.25, 0.3) is 0 Å². The number of ether oxygens (including phenoxy) is 1. The Bertz CT molecular complexity index is 792. The zero-order chi connectivity index (χ0) is 24.0. The lowest BCUT2D eigenvalue weighted by Crippen LogP contribution is -2.61. The van der Waals surface area contributed by atoms with Gasteiger partial charge in [-0.25, -0.2) is 0 Å². The van der Waals surface area contributed by atoms with Gasteiger partial charge in [0, 0.05) is 6.42 Å². The zero-order valence-electron chi connectivity index (χ0n) is 20.4. The van der Waals surface area contributed by atoms with Gasteiger partial charge >= 0.3 is 5.97 Å². The van der Waals surface area contributed by atoms with Crippen LogP contribution in [-0.2, 0) is 9.53 Å². The first-order chi connectivity index (χ1) is 15.7. The Kier molecular flexibility index (Phi) is 6.76. The Hall–Kier alpha value is -1.73. The fourth-order valence-electron chi connectivity index (χ4n) is 9.15. The number of nitroso groups, excluding NO2 is 3. The number of carbonyl (C=O) groups excluding carboxylic acids is 1. The molecule has 0 heterocycles. The number of methoxy groups -OCH3 is 1. The van der Waals surface area contributed by atoms with Gasteiger partial charge in [-0.15, -0.1) is 0 Å². The Labute approximate surface area is 196 Å². The number of hydrogen-bond acceptors (Lipinski definition) is 8. The van der Waals surface area contributed by atoms with Gasteiger partial charge in [-0.3, -0.25) is 4.79 Å². The summed E-state index contributed by atoms with van der Waals surface area (Å²) in [5, 5.41) is 10.7. The largest absolute Gasteiger partial charge is 0.469 e. The molecule has 0 spiro atoms. The lowest BCUT2D eigenvalue weighted by Gasteiger charge is -2.62. The van der Waals surface area contributed by atoms with Crippen LogP contribution in [-0.4, -0.2) is 31.2 Å². The third-order valence-electron chi connectivity index (χ3n) is 11.0. The average Bonchev–Trinajstić information content (AvgIpc) is 3.18. The zero-order valence-corrected chi connectivity index (χ0v) is 20.4. The standard InChI is InChI=1S/C25H39N3O5/c1-14(5-8-22(29)33-4)17-6-7-18-23-19(13-21(28-32)25(17,18)3)24(2)10-9-16(26-30)11-15(24)12-20(23)27-31/h14-21,23H,5-13H2,1-4H3/t14?,15?,16?,17?,18?,19?,20?,21?,23?,24-,25+/m0/s1. The fraction of sp³-hybridized carbons (Fsp3) is 0.960. The second-order valence-electron chi connectivity index (χ2n) is 11.9. The van der Waals surface area contributed by atoms with Crippen LogP contribution in [0.2, 0.25) is 0 Å². The Morgan fingerprint density at radius 2 is 1.76 bits per heavy atom. The number of rotatable bonds is 7. The van der Waals surface area contributed by atoms with Crippen molar-refractivity contribution >= 4 is 5.97 Å². The van der Waals surface area contributed by atoms with Crippen LogP contribution in [0.1, 0.15) is 78.6 Å². The summed E-state index contributed by atoms with van der Waals surface area (Å²) in [6.07, 6.45) is 6.91. The van der Waals surface area contributed by atoms with Gasteiger partial charge < -0.3 is 4.74 Å². The molecule has 9 unspecified atom stereocenters. The molecule has 0 aromatic heterocycles. The molecule has 0 saturated heterocycles. The van der Waals surface area contributed by atoms with Gasteiger partial charge in [-0.2, -0.15) is 14.7 Å². The van der Waals surface area contributed by atoms with E-state index in [2.05, 4.69) is 36.3 Å². The molecule has 33 heavy (non-hydrogen) atoms. The number of nitrogens with zero attached hydrogens (tertiary/aromatic N) is 3. The topological polar surface area (TPSA) is 115 Å². The molecule has 0 aliphatic heterocycles. The molecule has 0 aromatic rings. The molecule has 0 radical (unpaired) electrons. The smallest absolute Gasteiger partial charge is 0.305 e. The van der Waals surface area contributed by atoms with E-state index in [9.17, 15) is 19.5 Å². The van der Waals surface area contributed by atoms with Gasteiger partial charge in [-0.05, 0) is 97.7 Å². The monoisotopic (exact) mass is 461 g/mol. The SMILES string of the molecule is COC(=O)CCC(C)C1CCC2C3C(N=O)CC4CC(N=O)CC[C@]4(C)C3CC(N=O)[C@]12C. The van der Waals surface area contributed by atoms with Crippen LogP contribution in [0.3, 0.4) is 0 Å². The summed E-state index contributed by atoms with van der Waals surface area (Å²) in [5.41, 5.74) is -0.294. The summed E-state index contributed by atoms with van der Waals surface area (Å²) in [7, 11) is 1.41. The highest BCUT2D eigenvalue weighted by atomic mass is 16.5. The first-order valence-corrected chi connectivity index (χ1v) is 12.8. The molecule has 0 amide bonds. The molecule has 11 atom stereocenters. The van der Waals surface area contributed by atoms with Gasteiger partial charge in [0.25, 0.3) is 0 Å². The van der Waals surface area contributed by atoms with E-state index in [1.165, 1.54) is 7.11 Å². The second-order valence-corrected chi connectivity index (χ2v) is 11.9. The van der Waals surface area contributed by atoms with Gasteiger partial charge in [0.1, 0.15) is 0 Å². The number of hydrogen-bond donors (Lipinski definition) is 0. The van der Waals surface area contributed by atoms with Crippen molar-refractivity contribution in [3.63, 3.8) is 0 Å². The Morgan fingerprint density at radius 3 is 2.39 bits per heavy atom. The minimum Gasteiger partial charge on any atom is -0.469 e. The predicted octanol–water partition coefficient (Wildman–Crippen LogP) is 5.86. The highest BCUT2D eigenvalue weighted by Crippen LogP contribution is 2.69. The van der Waals surface area contributed by atoms with Crippen LogP contribution < -0.4 is 0 Å². The molecule has 4 fully saturated rings. The van der Waals surface area contributed by atoms with Crippen molar-refractivity contribution in [3.8, 4) is 0 Å². The van der Waals surface area contributed by atoms with Crippen molar-refractivity contribution in [2.45, 2.75) is 96.7 Å². The van der Waals surface area contributed by atoms with E-state index in [-0.39, 0.29) is 70.4 Å². The Morgan fingerprint density at radius 1 is 1.00 bits per heavy atom. The maximum atomic E-state index is 12.3. The van der Waals surface area contributed by atoms with Crippen molar-refractivity contribution in [3.05, 3.63) is 14.7 Å². The summed E-state index contributed by atoms with van der Waals surface area (Å²) in [4.78, 5) is 47.4. The van der Waals surface area contributed by atoms with Crippen molar-refractivity contribution < 1.29 is 9.53 Å². The average molecular weight is 462 g/mol. The molecule has 184 valence electrons. The molecular formula is C25H39N3O5. The first kappa shape index (κ1) is 24.4. The highest BCUT2D eigenvalue weighted by molar-refractivity contribution is 5.69. The predicted molar refractivity (Wildman–Crippen MR) is 125 cm³/mol. The van der Waals surface area contributed by atoms with Gasteiger partial charge in [0.15, 0.2) is 0 Å². The van der Waals surface area contributed by atoms with Gasteiger partial charge in [-0.1, -0.05) is 36.3 Å². The third kappa shape index (κ3) is 3.75. The summed E-state index contributed by atoms with van der Waals surface area (Å²) in [5.74, 6) is 1.19. The second kappa shape index (κ2) is 9.14. The van der Waals surface area contributed by atoms with E-state index in [1.54, 1.807) is 0 Å². The van der Waals surface area contributed by atoms with E-state index in [0.29, 0.717) is 12.8 Å². The molecule has 4 aliphatic carbocycles. The molecule has 0 bridgehead atoms. The van der Waals surface area contributed by atoms with E-state index in [0.717, 1.165) is 44.9 Å². The molecular weight excluding hydrogens is 422 g/mol. The maximum absolute atomic E-state index is 12.3. The number of esters is 1. The highest BCUT2D eigenvalue weighted by Gasteiger charge is 2.67. The van der Waals surface area contributed by atoms with Crippen LogP contribution in [0.15, 0.2) is 15.5 Å². The van der Waals surface area contributed by atoms with Crippen LogP contribution in [0.5, 0.6) is 0 Å². The summed E-state index contributed by atoms with van der Waals surface area (Å²) < 4.78 is 4.83. The normalized spacial score (nSPS) is 47.4. The van der Waals surface area contributed by atoms with Crippen molar-refractivity contribution in [1.29, 1.82) is 0 Å². The summed E-state index contributed by atoms with van der Waals surface area (Å²) in [6.45, 7) is 6.71. The molecule has 4 rings (SSSR count). The summed E-state index contributed by atoms with van der Waals surface area (Å²) >= 11 is 0. The third-order valence-corrected chi connectivity index (χ3v) is 11.0. The molecule has 0 N–H and O–H groups in total. The molecule has 4 aliphatic rings. The molecule has 0 aromatic carbocycles. The minimum absolute atomic E-state index is 0.00803. The van der Waals surface area contributed by atoms with Gasteiger partial charge in [0.2, 0.25) is 0 Å². The molecule has 8 heteroatoms. The quantitative estimate of drug-likeness (QED) is 0.348. The summed E-state index contributed by atoms with van der Waals surface area (Å²) in [6, 6.07) is -0.756. The van der Waals surface area contributed by atoms with E-state index < -0.39 is 0 Å². The molecule has 8 nitrogen and oxygen atoms in total. The fourth-order valence-corrected chi connectivity index (χ4v) is 9.15. The van der Waals surface area contributed by atoms with E-state index in [4.69, 9.17) is 4.74 Å². The lowest BCUT2D eigenvalue weighted by atomic mass is 9.42. The maximum Gasteiger partial charge on any atom is 0.305 e. The van der Waals surface area contributed by atoms with E-state index >= 15 is 0 Å². The van der Waals surface area contributed by atoms with Crippen molar-refractivity contribution in [2.24, 2.45) is 61.9 Å². The minimum atomic E-state index is -0.304. The number of fused-ring (bicyclic) bond motifs is 5. The Balaban J connectivity index is 1.65. The van der Waals surface area contributed by atoms with E-state index in [1.807, 2.05) is 0 Å². The van der Waals surface area contributed by atoms with Crippen molar-refractivity contribution in [2.75, 3.05) is 7.11 Å². The van der Waals surface area contributed by atoms with Crippen LogP contribution in [0.4, 0.5) is 0 Å². The molecule has 4 saturated carbocycles.